The number of hydrogen-bond acceptors (Lipinski definition) is 3. The average molecular weight is 207 g/mol. The summed E-state index contributed by atoms with van der Waals surface area (Å²) in [6.45, 7) is 3.88. The quantitative estimate of drug-likeness (QED) is 0.785. The Bertz CT molecular complexity index is 338. The molecule has 0 unspecified atom stereocenters. The van der Waals surface area contributed by atoms with Gasteiger partial charge < -0.3 is 11.1 Å². The smallest absolute Gasteiger partial charge is 0.241 e. The first-order valence-corrected chi connectivity index (χ1v) is 5.12. The molecule has 0 spiro atoms. The number of hydrogen-bond donors (Lipinski definition) is 2. The first-order valence-electron chi connectivity index (χ1n) is 5.12. The molecular formula is C11H17N3O. The van der Waals surface area contributed by atoms with Gasteiger partial charge in [0.1, 0.15) is 0 Å². The van der Waals surface area contributed by atoms with Crippen molar-refractivity contribution in [2.75, 3.05) is 5.32 Å². The van der Waals surface area contributed by atoms with E-state index in [1.165, 1.54) is 0 Å². The van der Waals surface area contributed by atoms with E-state index < -0.39 is 6.04 Å². The van der Waals surface area contributed by atoms with Crippen molar-refractivity contribution >= 4 is 11.6 Å². The Morgan fingerprint density at radius 1 is 1.67 bits per heavy atom. The molecule has 0 aliphatic heterocycles. The molecule has 1 amide bonds. The SMILES string of the molecule is CCC[C@@H](N)C(=O)Nc1ccnc(C)c1. The van der Waals surface area contributed by atoms with Gasteiger partial charge in [0.05, 0.1) is 6.04 Å². The van der Waals surface area contributed by atoms with Crippen molar-refractivity contribution < 1.29 is 4.79 Å². The highest BCUT2D eigenvalue weighted by Gasteiger charge is 2.11. The number of amides is 1. The molecule has 0 aromatic carbocycles. The van der Waals surface area contributed by atoms with Gasteiger partial charge in [-0.3, -0.25) is 9.78 Å². The van der Waals surface area contributed by atoms with Crippen molar-refractivity contribution in [3.05, 3.63) is 24.0 Å². The molecule has 1 aromatic heterocycles. The van der Waals surface area contributed by atoms with Crippen LogP contribution in [0.4, 0.5) is 5.69 Å². The Hall–Kier alpha value is -1.42. The van der Waals surface area contributed by atoms with E-state index in [1.807, 2.05) is 19.9 Å². The highest BCUT2D eigenvalue weighted by molar-refractivity contribution is 5.94. The molecule has 1 heterocycles. The zero-order valence-electron chi connectivity index (χ0n) is 9.16. The second kappa shape index (κ2) is 5.46. The summed E-state index contributed by atoms with van der Waals surface area (Å²) in [7, 11) is 0. The summed E-state index contributed by atoms with van der Waals surface area (Å²) < 4.78 is 0. The summed E-state index contributed by atoms with van der Waals surface area (Å²) in [5, 5.41) is 2.76. The highest BCUT2D eigenvalue weighted by atomic mass is 16.2. The van der Waals surface area contributed by atoms with Crippen molar-refractivity contribution in [1.82, 2.24) is 4.98 Å². The Kier molecular flexibility index (Phi) is 4.24. The van der Waals surface area contributed by atoms with Crippen LogP contribution in [0.15, 0.2) is 18.3 Å². The van der Waals surface area contributed by atoms with Crippen LogP contribution in [0.2, 0.25) is 0 Å². The molecule has 0 bridgehead atoms. The van der Waals surface area contributed by atoms with E-state index in [-0.39, 0.29) is 5.91 Å². The van der Waals surface area contributed by atoms with E-state index in [4.69, 9.17) is 5.73 Å². The molecule has 0 saturated carbocycles. The second-order valence-corrected chi connectivity index (χ2v) is 3.57. The number of nitrogens with zero attached hydrogens (tertiary/aromatic N) is 1. The minimum Gasteiger partial charge on any atom is -0.325 e. The van der Waals surface area contributed by atoms with E-state index in [0.717, 1.165) is 17.8 Å². The maximum Gasteiger partial charge on any atom is 0.241 e. The van der Waals surface area contributed by atoms with E-state index in [1.54, 1.807) is 12.3 Å². The lowest BCUT2D eigenvalue weighted by Gasteiger charge is -2.11. The number of nitrogens with two attached hydrogens (primary N) is 1. The lowest BCUT2D eigenvalue weighted by Crippen LogP contribution is -2.35. The minimum atomic E-state index is -0.427. The molecule has 0 aliphatic carbocycles. The summed E-state index contributed by atoms with van der Waals surface area (Å²) in [6.07, 6.45) is 3.27. The number of aromatic nitrogens is 1. The minimum absolute atomic E-state index is 0.137. The third-order valence-electron chi connectivity index (χ3n) is 2.10. The highest BCUT2D eigenvalue weighted by Crippen LogP contribution is 2.07. The molecule has 4 heteroatoms. The predicted molar refractivity (Wildman–Crippen MR) is 60.5 cm³/mol. The molecule has 1 rings (SSSR count). The van der Waals surface area contributed by atoms with Gasteiger partial charge in [-0.25, -0.2) is 0 Å². The summed E-state index contributed by atoms with van der Waals surface area (Å²) in [6, 6.07) is 3.14. The van der Waals surface area contributed by atoms with Gasteiger partial charge in [-0.05, 0) is 25.5 Å². The van der Waals surface area contributed by atoms with Crippen LogP contribution in [0.25, 0.3) is 0 Å². The van der Waals surface area contributed by atoms with Crippen LogP contribution in [-0.4, -0.2) is 16.9 Å². The molecule has 15 heavy (non-hydrogen) atoms. The molecule has 1 atom stereocenters. The van der Waals surface area contributed by atoms with E-state index in [2.05, 4.69) is 10.3 Å². The van der Waals surface area contributed by atoms with E-state index >= 15 is 0 Å². The molecule has 0 radical (unpaired) electrons. The third-order valence-corrected chi connectivity index (χ3v) is 2.10. The van der Waals surface area contributed by atoms with Gasteiger partial charge in [0, 0.05) is 17.6 Å². The molecule has 0 saturated heterocycles. The van der Waals surface area contributed by atoms with Crippen LogP contribution >= 0.6 is 0 Å². The number of carbonyl (C=O) groups excluding carboxylic acids is 1. The standard InChI is InChI=1S/C11H17N3O/c1-3-4-10(12)11(15)14-9-5-6-13-8(2)7-9/h5-7,10H,3-4,12H2,1-2H3,(H,13,14,15)/t10-/m1/s1. The van der Waals surface area contributed by atoms with Crippen LogP contribution in [0.5, 0.6) is 0 Å². The van der Waals surface area contributed by atoms with Gasteiger partial charge in [0.15, 0.2) is 0 Å². The van der Waals surface area contributed by atoms with Gasteiger partial charge in [0.2, 0.25) is 5.91 Å². The number of anilines is 1. The van der Waals surface area contributed by atoms with Gasteiger partial charge in [-0.1, -0.05) is 13.3 Å². The first kappa shape index (κ1) is 11.7. The summed E-state index contributed by atoms with van der Waals surface area (Å²) >= 11 is 0. The topological polar surface area (TPSA) is 68.0 Å². The zero-order valence-corrected chi connectivity index (χ0v) is 9.16. The Morgan fingerprint density at radius 2 is 2.40 bits per heavy atom. The first-order chi connectivity index (χ1) is 7.13. The Balaban J connectivity index is 2.58. The van der Waals surface area contributed by atoms with Crippen molar-refractivity contribution in [2.45, 2.75) is 32.7 Å². The molecule has 0 aliphatic rings. The summed E-state index contributed by atoms with van der Waals surface area (Å²) in [4.78, 5) is 15.6. The van der Waals surface area contributed by atoms with Gasteiger partial charge in [-0.15, -0.1) is 0 Å². The van der Waals surface area contributed by atoms with Crippen molar-refractivity contribution in [3.8, 4) is 0 Å². The van der Waals surface area contributed by atoms with Crippen LogP contribution < -0.4 is 11.1 Å². The maximum absolute atomic E-state index is 11.6. The predicted octanol–water partition coefficient (Wildman–Crippen LogP) is 1.46. The molecule has 1 aromatic rings. The van der Waals surface area contributed by atoms with Gasteiger partial charge in [0.25, 0.3) is 0 Å². The summed E-state index contributed by atoms with van der Waals surface area (Å²) in [5.74, 6) is -0.137. The fourth-order valence-corrected chi connectivity index (χ4v) is 1.30. The number of carbonyl (C=O) groups is 1. The zero-order chi connectivity index (χ0) is 11.3. The normalized spacial score (nSPS) is 12.2. The molecule has 0 fully saturated rings. The lowest BCUT2D eigenvalue weighted by atomic mass is 10.1. The molecule has 82 valence electrons. The van der Waals surface area contributed by atoms with Crippen LogP contribution in [-0.2, 0) is 4.79 Å². The Labute approximate surface area is 89.9 Å². The van der Waals surface area contributed by atoms with Gasteiger partial charge in [-0.2, -0.15) is 0 Å². The monoisotopic (exact) mass is 207 g/mol. The number of aryl methyl sites for hydroxylation is 1. The Morgan fingerprint density at radius 3 is 3.00 bits per heavy atom. The largest absolute Gasteiger partial charge is 0.325 e. The fourth-order valence-electron chi connectivity index (χ4n) is 1.30. The van der Waals surface area contributed by atoms with Crippen molar-refractivity contribution in [3.63, 3.8) is 0 Å². The van der Waals surface area contributed by atoms with E-state index in [0.29, 0.717) is 6.42 Å². The maximum atomic E-state index is 11.6. The lowest BCUT2D eigenvalue weighted by molar-refractivity contribution is -0.117. The third kappa shape index (κ3) is 3.67. The molecule has 4 nitrogen and oxygen atoms in total. The van der Waals surface area contributed by atoms with E-state index in [9.17, 15) is 4.79 Å². The fraction of sp³-hybridized carbons (Fsp3) is 0.455. The number of rotatable bonds is 4. The van der Waals surface area contributed by atoms with Crippen molar-refractivity contribution in [1.29, 1.82) is 0 Å². The second-order valence-electron chi connectivity index (χ2n) is 3.57. The molecule has 3 N–H and O–H groups in total. The van der Waals surface area contributed by atoms with Crippen LogP contribution in [0.3, 0.4) is 0 Å². The van der Waals surface area contributed by atoms with Crippen LogP contribution in [0.1, 0.15) is 25.5 Å². The summed E-state index contributed by atoms with van der Waals surface area (Å²) in [5.41, 5.74) is 7.31. The van der Waals surface area contributed by atoms with Crippen LogP contribution in [0, 0.1) is 6.92 Å². The number of nitrogens with one attached hydrogen (secondary N) is 1. The average Bonchev–Trinajstić information content (AvgIpc) is 2.18. The molecular weight excluding hydrogens is 190 g/mol. The van der Waals surface area contributed by atoms with Crippen molar-refractivity contribution in [2.24, 2.45) is 5.73 Å². The number of pyridine rings is 1. The van der Waals surface area contributed by atoms with Gasteiger partial charge >= 0.3 is 0 Å².